The minimum atomic E-state index is -0.666. The van der Waals surface area contributed by atoms with Crippen LogP contribution in [0, 0.1) is 11.8 Å². The van der Waals surface area contributed by atoms with Gasteiger partial charge in [0.1, 0.15) is 4.33 Å². The highest BCUT2D eigenvalue weighted by atomic mass is 35.5. The van der Waals surface area contributed by atoms with Gasteiger partial charge in [0, 0.05) is 0 Å². The maximum atomic E-state index is 9.52. The molecule has 100 valence electrons. The summed E-state index contributed by atoms with van der Waals surface area (Å²) in [4.78, 5) is 0. The first-order valence-electron chi connectivity index (χ1n) is 6.74. The summed E-state index contributed by atoms with van der Waals surface area (Å²) in [6.45, 7) is 0. The quantitative estimate of drug-likeness (QED) is 0.763. The molecule has 0 amide bonds. The summed E-state index contributed by atoms with van der Waals surface area (Å²) in [6, 6.07) is 0. The van der Waals surface area contributed by atoms with Crippen molar-refractivity contribution in [3.8, 4) is 0 Å². The molecule has 2 saturated carbocycles. The molecule has 0 aliphatic heterocycles. The molecule has 0 radical (unpaired) electrons. The number of alkyl halides is 2. The number of halogens is 2. The Bertz CT molecular complexity index is 218. The van der Waals surface area contributed by atoms with Gasteiger partial charge in [-0.2, -0.15) is 0 Å². The second-order valence-electron chi connectivity index (χ2n) is 5.69. The number of aliphatic hydroxyl groups is 2. The lowest BCUT2D eigenvalue weighted by Crippen LogP contribution is -2.40. The molecule has 0 heterocycles. The Kier molecular flexibility index (Phi) is 4.62. The van der Waals surface area contributed by atoms with E-state index in [0.717, 1.165) is 51.4 Å². The van der Waals surface area contributed by atoms with Crippen LogP contribution in [0.5, 0.6) is 0 Å². The van der Waals surface area contributed by atoms with Crippen molar-refractivity contribution in [3.63, 3.8) is 0 Å². The lowest BCUT2D eigenvalue weighted by atomic mass is 9.75. The highest BCUT2D eigenvalue weighted by Gasteiger charge is 2.44. The van der Waals surface area contributed by atoms with Crippen LogP contribution in [0.4, 0.5) is 0 Å². The van der Waals surface area contributed by atoms with Crippen LogP contribution in [0.1, 0.15) is 51.4 Å². The van der Waals surface area contributed by atoms with Gasteiger partial charge in [0.05, 0.1) is 12.2 Å². The van der Waals surface area contributed by atoms with Gasteiger partial charge in [-0.1, -0.05) is 0 Å². The van der Waals surface area contributed by atoms with Crippen LogP contribution in [0.3, 0.4) is 0 Å². The van der Waals surface area contributed by atoms with Crippen LogP contribution in [0.25, 0.3) is 0 Å². The van der Waals surface area contributed by atoms with Crippen LogP contribution in [-0.2, 0) is 0 Å². The highest BCUT2D eigenvalue weighted by molar-refractivity contribution is 6.48. The minimum Gasteiger partial charge on any atom is -0.393 e. The minimum absolute atomic E-state index is 0.163. The average molecular weight is 281 g/mol. The fraction of sp³-hybridized carbons (Fsp3) is 1.00. The molecule has 0 spiro atoms. The third-order valence-corrected chi connectivity index (χ3v) is 5.72. The third kappa shape index (κ3) is 3.28. The van der Waals surface area contributed by atoms with Gasteiger partial charge in [0.25, 0.3) is 0 Å². The molecule has 0 aromatic rings. The second kappa shape index (κ2) is 5.64. The predicted octanol–water partition coefficient (Wildman–Crippen LogP) is 3.26. The molecule has 0 saturated heterocycles. The zero-order valence-electron chi connectivity index (χ0n) is 10.1. The van der Waals surface area contributed by atoms with Crippen LogP contribution in [-0.4, -0.2) is 26.8 Å². The Balaban J connectivity index is 1.93. The zero-order valence-corrected chi connectivity index (χ0v) is 11.6. The average Bonchev–Trinajstić information content (AvgIpc) is 2.30. The molecule has 4 heteroatoms. The zero-order chi connectivity index (χ0) is 12.5. The summed E-state index contributed by atoms with van der Waals surface area (Å²) >= 11 is 13.2. The Morgan fingerprint density at radius 3 is 1.24 bits per heavy atom. The monoisotopic (exact) mass is 280 g/mol. The standard InChI is InChI=1S/C13H22Cl2O2/c14-13(15,9-1-5-11(16)6-2-9)10-3-7-12(17)8-4-10/h9-12,16-17H,1-8H2. The Hall–Kier alpha value is 0.500. The van der Waals surface area contributed by atoms with Crippen molar-refractivity contribution < 1.29 is 10.2 Å². The Morgan fingerprint density at radius 1 is 0.647 bits per heavy atom. The number of rotatable bonds is 2. The molecule has 0 bridgehead atoms. The molecule has 2 N–H and O–H groups in total. The molecular formula is C13H22Cl2O2. The van der Waals surface area contributed by atoms with Crippen molar-refractivity contribution >= 4 is 23.2 Å². The number of hydrogen-bond acceptors (Lipinski definition) is 2. The van der Waals surface area contributed by atoms with E-state index in [0.29, 0.717) is 11.8 Å². The summed E-state index contributed by atoms with van der Waals surface area (Å²) in [7, 11) is 0. The van der Waals surface area contributed by atoms with Crippen LogP contribution in [0.15, 0.2) is 0 Å². The van der Waals surface area contributed by atoms with Gasteiger partial charge < -0.3 is 10.2 Å². The predicted molar refractivity (Wildman–Crippen MR) is 70.4 cm³/mol. The van der Waals surface area contributed by atoms with E-state index >= 15 is 0 Å². The lowest BCUT2D eigenvalue weighted by Gasteiger charge is -2.41. The molecule has 2 aliphatic carbocycles. The summed E-state index contributed by atoms with van der Waals surface area (Å²) < 4.78 is -0.666. The van der Waals surface area contributed by atoms with E-state index in [1.54, 1.807) is 0 Å². The van der Waals surface area contributed by atoms with E-state index in [1.807, 2.05) is 0 Å². The molecule has 0 aromatic heterocycles. The first kappa shape index (κ1) is 13.9. The molecule has 2 nitrogen and oxygen atoms in total. The SMILES string of the molecule is OC1CCC(C(Cl)(Cl)C2CCC(O)CC2)CC1. The summed E-state index contributed by atoms with van der Waals surface area (Å²) in [5.41, 5.74) is 0. The number of aliphatic hydroxyl groups excluding tert-OH is 2. The molecule has 2 rings (SSSR count). The van der Waals surface area contributed by atoms with Crippen molar-refractivity contribution in [2.24, 2.45) is 11.8 Å². The fourth-order valence-electron chi connectivity index (χ4n) is 3.25. The third-order valence-electron chi connectivity index (χ3n) is 4.48. The van der Waals surface area contributed by atoms with Gasteiger partial charge in [0.15, 0.2) is 0 Å². The largest absolute Gasteiger partial charge is 0.393 e. The van der Waals surface area contributed by atoms with Gasteiger partial charge in [-0.05, 0) is 63.2 Å². The smallest absolute Gasteiger partial charge is 0.123 e. The molecule has 0 aromatic carbocycles. The van der Waals surface area contributed by atoms with Gasteiger partial charge in [-0.3, -0.25) is 0 Å². The second-order valence-corrected chi connectivity index (χ2v) is 7.13. The van der Waals surface area contributed by atoms with Gasteiger partial charge in [-0.15, -0.1) is 23.2 Å². The van der Waals surface area contributed by atoms with E-state index in [4.69, 9.17) is 23.2 Å². The normalized spacial score (nSPS) is 40.2. The van der Waals surface area contributed by atoms with Gasteiger partial charge in [-0.25, -0.2) is 0 Å². The Morgan fingerprint density at radius 2 is 0.941 bits per heavy atom. The van der Waals surface area contributed by atoms with Crippen molar-refractivity contribution in [3.05, 3.63) is 0 Å². The van der Waals surface area contributed by atoms with E-state index in [2.05, 4.69) is 0 Å². The first-order chi connectivity index (χ1) is 8.00. The van der Waals surface area contributed by atoms with E-state index in [1.165, 1.54) is 0 Å². The van der Waals surface area contributed by atoms with Crippen LogP contribution < -0.4 is 0 Å². The molecule has 2 aliphatic rings. The topological polar surface area (TPSA) is 40.5 Å². The van der Waals surface area contributed by atoms with E-state index < -0.39 is 4.33 Å². The Labute approximate surface area is 113 Å². The number of hydrogen-bond donors (Lipinski definition) is 2. The molecule has 0 atom stereocenters. The summed E-state index contributed by atoms with van der Waals surface area (Å²) in [5, 5.41) is 19.0. The van der Waals surface area contributed by atoms with Crippen molar-refractivity contribution in [1.29, 1.82) is 0 Å². The summed E-state index contributed by atoms with van der Waals surface area (Å²) in [5.74, 6) is 0.601. The highest BCUT2D eigenvalue weighted by Crippen LogP contribution is 2.49. The lowest BCUT2D eigenvalue weighted by molar-refractivity contribution is 0.0753. The summed E-state index contributed by atoms with van der Waals surface area (Å²) in [6.07, 6.45) is 6.65. The van der Waals surface area contributed by atoms with Crippen molar-refractivity contribution in [2.45, 2.75) is 67.9 Å². The molecule has 17 heavy (non-hydrogen) atoms. The van der Waals surface area contributed by atoms with E-state index in [9.17, 15) is 10.2 Å². The van der Waals surface area contributed by atoms with Crippen LogP contribution in [0.2, 0.25) is 0 Å². The first-order valence-corrected chi connectivity index (χ1v) is 7.49. The van der Waals surface area contributed by atoms with Crippen molar-refractivity contribution in [1.82, 2.24) is 0 Å². The van der Waals surface area contributed by atoms with Crippen molar-refractivity contribution in [2.75, 3.05) is 0 Å². The van der Waals surface area contributed by atoms with Gasteiger partial charge >= 0.3 is 0 Å². The van der Waals surface area contributed by atoms with Gasteiger partial charge in [0.2, 0.25) is 0 Å². The molecular weight excluding hydrogens is 259 g/mol. The molecule has 2 fully saturated rings. The van der Waals surface area contributed by atoms with Crippen LogP contribution >= 0.6 is 23.2 Å². The maximum absolute atomic E-state index is 9.52. The maximum Gasteiger partial charge on any atom is 0.123 e. The fourth-order valence-corrected chi connectivity index (χ4v) is 4.13. The van der Waals surface area contributed by atoms with E-state index in [-0.39, 0.29) is 12.2 Å². The molecule has 0 unspecified atom stereocenters.